The zero-order valence-corrected chi connectivity index (χ0v) is 10.1. The highest BCUT2D eigenvalue weighted by Gasteiger charge is 2.57. The van der Waals surface area contributed by atoms with Crippen LogP contribution in [0.4, 0.5) is 13.6 Å². The second kappa shape index (κ2) is 4.95. The van der Waals surface area contributed by atoms with Crippen LogP contribution in [0.2, 0.25) is 0 Å². The number of carbonyl (C=O) groups is 2. The number of alkyl carbamates (subject to hydrolysis) is 1. The fraction of sp³-hybridized carbons (Fsp3) is 0.385. The van der Waals surface area contributed by atoms with Gasteiger partial charge in [0, 0.05) is 12.8 Å². The Labute approximate surface area is 108 Å². The van der Waals surface area contributed by atoms with Crippen LogP contribution < -0.4 is 5.32 Å². The largest absolute Gasteiger partial charge is 0.445 e. The first-order valence-corrected chi connectivity index (χ1v) is 5.78. The molecule has 1 aliphatic carbocycles. The lowest BCUT2D eigenvalue weighted by atomic mass is 9.74. The van der Waals surface area contributed by atoms with E-state index in [4.69, 9.17) is 4.74 Å². The molecule has 2 rings (SSSR count). The number of carbonyl (C=O) groups excluding carboxylic acids is 2. The summed E-state index contributed by atoms with van der Waals surface area (Å²) in [7, 11) is 0. The first-order chi connectivity index (χ1) is 8.95. The average Bonchev–Trinajstić information content (AvgIpc) is 2.35. The number of rotatable bonds is 4. The first-order valence-electron chi connectivity index (χ1n) is 5.78. The second-order valence-electron chi connectivity index (χ2n) is 4.67. The van der Waals surface area contributed by atoms with Crippen LogP contribution in [0.3, 0.4) is 0 Å². The topological polar surface area (TPSA) is 55.4 Å². The van der Waals surface area contributed by atoms with Gasteiger partial charge >= 0.3 is 6.09 Å². The van der Waals surface area contributed by atoms with Crippen molar-refractivity contribution in [3.05, 3.63) is 35.9 Å². The van der Waals surface area contributed by atoms with Gasteiger partial charge in [-0.25, -0.2) is 13.6 Å². The Bertz CT molecular complexity index is 468. The molecule has 1 saturated carbocycles. The van der Waals surface area contributed by atoms with Gasteiger partial charge in [0.1, 0.15) is 18.4 Å². The summed E-state index contributed by atoms with van der Waals surface area (Å²) in [6, 6.07) is 8.92. The number of benzene rings is 1. The van der Waals surface area contributed by atoms with Crippen LogP contribution in [-0.4, -0.2) is 23.8 Å². The molecule has 0 bridgehead atoms. The van der Waals surface area contributed by atoms with Crippen molar-refractivity contribution in [1.82, 2.24) is 5.32 Å². The van der Waals surface area contributed by atoms with E-state index in [1.807, 2.05) is 6.07 Å². The molecule has 0 atom stereocenters. The number of hydrogen-bond acceptors (Lipinski definition) is 3. The average molecular weight is 269 g/mol. The molecule has 0 radical (unpaired) electrons. The summed E-state index contributed by atoms with van der Waals surface area (Å²) < 4.78 is 30.4. The van der Waals surface area contributed by atoms with Crippen LogP contribution >= 0.6 is 0 Å². The van der Waals surface area contributed by atoms with Gasteiger partial charge in [-0.15, -0.1) is 0 Å². The molecule has 1 N–H and O–H groups in total. The maximum atomic E-state index is 12.8. The summed E-state index contributed by atoms with van der Waals surface area (Å²) in [6.07, 6.45) is -1.88. The SMILES string of the molecule is O=CC1(NC(=O)OCc2ccccc2)CC(F)(F)C1. The second-order valence-corrected chi connectivity index (χ2v) is 4.67. The van der Waals surface area contributed by atoms with Crippen LogP contribution in [0.1, 0.15) is 18.4 Å². The predicted molar refractivity (Wildman–Crippen MR) is 62.7 cm³/mol. The number of ether oxygens (including phenoxy) is 1. The summed E-state index contributed by atoms with van der Waals surface area (Å²) in [5.41, 5.74) is -0.714. The molecule has 1 fully saturated rings. The Morgan fingerprint density at radius 2 is 1.95 bits per heavy atom. The fourth-order valence-electron chi connectivity index (χ4n) is 2.03. The van der Waals surface area contributed by atoms with Crippen molar-refractivity contribution in [1.29, 1.82) is 0 Å². The van der Waals surface area contributed by atoms with E-state index in [0.29, 0.717) is 6.29 Å². The molecule has 1 amide bonds. The van der Waals surface area contributed by atoms with Crippen LogP contribution in [0.15, 0.2) is 30.3 Å². The standard InChI is InChI=1S/C13H13F2NO3/c14-13(15)7-12(8-13,9-17)16-11(18)19-6-10-4-2-1-3-5-10/h1-5,9H,6-8H2,(H,16,18). The summed E-state index contributed by atoms with van der Waals surface area (Å²) in [5.74, 6) is -2.90. The molecule has 1 aliphatic rings. The van der Waals surface area contributed by atoms with Crippen molar-refractivity contribution in [3.63, 3.8) is 0 Å². The number of nitrogens with one attached hydrogen (secondary N) is 1. The molecule has 19 heavy (non-hydrogen) atoms. The third-order valence-electron chi connectivity index (χ3n) is 2.94. The van der Waals surface area contributed by atoms with Gasteiger partial charge in [-0.2, -0.15) is 0 Å². The molecule has 6 heteroatoms. The molecule has 4 nitrogen and oxygen atoms in total. The van der Waals surface area contributed by atoms with Crippen molar-refractivity contribution in [2.75, 3.05) is 0 Å². The van der Waals surface area contributed by atoms with Gasteiger partial charge in [-0.3, -0.25) is 0 Å². The molecular formula is C13H13F2NO3. The molecular weight excluding hydrogens is 256 g/mol. The zero-order valence-electron chi connectivity index (χ0n) is 10.1. The van der Waals surface area contributed by atoms with E-state index in [0.717, 1.165) is 5.56 Å². The Hall–Kier alpha value is -1.98. The lowest BCUT2D eigenvalue weighted by molar-refractivity contribution is -0.148. The van der Waals surface area contributed by atoms with Gasteiger partial charge in [0.25, 0.3) is 5.92 Å². The van der Waals surface area contributed by atoms with Crippen LogP contribution in [0.5, 0.6) is 0 Å². The van der Waals surface area contributed by atoms with Crippen LogP contribution in [0.25, 0.3) is 0 Å². The highest BCUT2D eigenvalue weighted by Crippen LogP contribution is 2.44. The van der Waals surface area contributed by atoms with E-state index in [2.05, 4.69) is 5.32 Å². The van der Waals surface area contributed by atoms with Gasteiger partial charge in [0.15, 0.2) is 0 Å². The van der Waals surface area contributed by atoms with Crippen molar-refractivity contribution < 1.29 is 23.1 Å². The van der Waals surface area contributed by atoms with Gasteiger partial charge in [0.2, 0.25) is 0 Å². The normalized spacial score (nSPS) is 19.1. The van der Waals surface area contributed by atoms with Crippen LogP contribution in [0, 0.1) is 0 Å². The molecule has 102 valence electrons. The third-order valence-corrected chi connectivity index (χ3v) is 2.94. The minimum Gasteiger partial charge on any atom is -0.445 e. The monoisotopic (exact) mass is 269 g/mol. The molecule has 0 heterocycles. The summed E-state index contributed by atoms with van der Waals surface area (Å²) in [5, 5.41) is 2.20. The van der Waals surface area contributed by atoms with Crippen molar-refractivity contribution in [2.24, 2.45) is 0 Å². The summed E-state index contributed by atoms with van der Waals surface area (Å²) >= 11 is 0. The first kappa shape index (κ1) is 13.5. The minimum absolute atomic E-state index is 0.0258. The molecule has 0 unspecified atom stereocenters. The molecule has 1 aromatic carbocycles. The minimum atomic E-state index is -2.90. The van der Waals surface area contributed by atoms with Crippen molar-refractivity contribution in [2.45, 2.75) is 30.9 Å². The predicted octanol–water partition coefficient (Wildman–Crippen LogP) is 2.28. The van der Waals surface area contributed by atoms with E-state index < -0.39 is 30.4 Å². The Balaban J connectivity index is 1.83. The quantitative estimate of drug-likeness (QED) is 0.853. The van der Waals surface area contributed by atoms with Crippen molar-refractivity contribution in [3.8, 4) is 0 Å². The van der Waals surface area contributed by atoms with E-state index >= 15 is 0 Å². The Morgan fingerprint density at radius 1 is 1.32 bits per heavy atom. The molecule has 0 aliphatic heterocycles. The zero-order chi connectivity index (χ0) is 13.9. The number of alkyl halides is 2. The van der Waals surface area contributed by atoms with E-state index in [1.165, 1.54) is 0 Å². The number of halogens is 2. The van der Waals surface area contributed by atoms with Gasteiger partial charge in [0.05, 0.1) is 0 Å². The van der Waals surface area contributed by atoms with E-state index in [-0.39, 0.29) is 6.61 Å². The summed E-state index contributed by atoms with van der Waals surface area (Å²) in [6.45, 7) is 0.0258. The maximum Gasteiger partial charge on any atom is 0.408 e. The number of aldehydes is 1. The van der Waals surface area contributed by atoms with Crippen molar-refractivity contribution >= 4 is 12.4 Å². The summed E-state index contributed by atoms with van der Waals surface area (Å²) in [4.78, 5) is 22.3. The Morgan fingerprint density at radius 3 is 2.47 bits per heavy atom. The highest BCUT2D eigenvalue weighted by atomic mass is 19.3. The molecule has 0 aromatic heterocycles. The van der Waals surface area contributed by atoms with Gasteiger partial charge in [-0.05, 0) is 5.56 Å². The van der Waals surface area contributed by atoms with Crippen LogP contribution in [-0.2, 0) is 16.1 Å². The number of amides is 1. The number of hydrogen-bond donors (Lipinski definition) is 1. The van der Waals surface area contributed by atoms with Gasteiger partial charge < -0.3 is 14.8 Å². The molecule has 0 saturated heterocycles. The lowest BCUT2D eigenvalue weighted by Gasteiger charge is -2.43. The van der Waals surface area contributed by atoms with Gasteiger partial charge in [-0.1, -0.05) is 30.3 Å². The molecule has 1 aromatic rings. The van der Waals surface area contributed by atoms with E-state index in [1.54, 1.807) is 24.3 Å². The fourth-order valence-corrected chi connectivity index (χ4v) is 2.03. The maximum absolute atomic E-state index is 12.8. The molecule has 0 spiro atoms. The lowest BCUT2D eigenvalue weighted by Crippen LogP contribution is -2.63. The van der Waals surface area contributed by atoms with E-state index in [9.17, 15) is 18.4 Å². The smallest absolute Gasteiger partial charge is 0.408 e. The Kier molecular flexibility index (Phi) is 3.50. The highest BCUT2D eigenvalue weighted by molar-refractivity contribution is 5.77. The third kappa shape index (κ3) is 3.27.